The maximum Gasteiger partial charge on any atom is 0.178 e. The Hall–Kier alpha value is -0.160. The Labute approximate surface area is 148 Å². The Kier molecular flexibility index (Phi) is 9.21. The second kappa shape index (κ2) is 10.1. The summed E-state index contributed by atoms with van der Waals surface area (Å²) in [6.45, 7) is 12.8. The average molecular weight is 345 g/mol. The van der Waals surface area contributed by atoms with Gasteiger partial charge in [0.1, 0.15) is 6.61 Å². The fourth-order valence-corrected chi connectivity index (χ4v) is 3.78. The van der Waals surface area contributed by atoms with Crippen LogP contribution in [0.15, 0.2) is 0 Å². The van der Waals surface area contributed by atoms with Crippen molar-refractivity contribution in [2.24, 2.45) is 23.7 Å². The van der Waals surface area contributed by atoms with E-state index in [0.29, 0.717) is 11.8 Å². The second-order valence-electron chi connectivity index (χ2n) is 8.70. The first kappa shape index (κ1) is 21.9. The van der Waals surface area contributed by atoms with E-state index in [2.05, 4.69) is 20.8 Å². The summed E-state index contributed by atoms with van der Waals surface area (Å²) in [5.74, 6) is 2.25. The largest absolute Gasteiger partial charge is 0.368 e. The van der Waals surface area contributed by atoms with Crippen LogP contribution in [-0.4, -0.2) is 35.0 Å². The molecule has 0 aliphatic heterocycles. The van der Waals surface area contributed by atoms with Gasteiger partial charge in [-0.3, -0.25) is 0 Å². The summed E-state index contributed by atoms with van der Waals surface area (Å²) in [5, 5.41) is 20.3. The molecule has 2 N–H and O–H groups in total. The lowest BCUT2D eigenvalue weighted by Gasteiger charge is -2.36. The third-order valence-corrected chi connectivity index (χ3v) is 5.52. The lowest BCUT2D eigenvalue weighted by molar-refractivity contribution is -0.234. The SMILES string of the molecule is CCC(C)(C)OC(O)COC(O)C1CCCC(C(C)CC(C)C)C1. The van der Waals surface area contributed by atoms with Crippen LogP contribution in [-0.2, 0) is 9.47 Å². The summed E-state index contributed by atoms with van der Waals surface area (Å²) >= 11 is 0. The van der Waals surface area contributed by atoms with Crippen molar-refractivity contribution in [3.63, 3.8) is 0 Å². The van der Waals surface area contributed by atoms with E-state index in [4.69, 9.17) is 9.47 Å². The van der Waals surface area contributed by atoms with Crippen LogP contribution in [0.25, 0.3) is 0 Å². The first-order chi connectivity index (χ1) is 11.1. The van der Waals surface area contributed by atoms with E-state index in [1.165, 1.54) is 12.8 Å². The normalized spacial score (nSPS) is 26.4. The minimum absolute atomic E-state index is 0.0211. The van der Waals surface area contributed by atoms with Gasteiger partial charge in [-0.1, -0.05) is 40.5 Å². The van der Waals surface area contributed by atoms with Crippen LogP contribution in [0, 0.1) is 23.7 Å². The molecule has 0 radical (unpaired) electrons. The quantitative estimate of drug-likeness (QED) is 0.579. The number of ether oxygens (including phenoxy) is 2. The Morgan fingerprint density at radius 3 is 2.29 bits per heavy atom. The summed E-state index contributed by atoms with van der Waals surface area (Å²) in [7, 11) is 0. The minimum Gasteiger partial charge on any atom is -0.368 e. The van der Waals surface area contributed by atoms with E-state index >= 15 is 0 Å². The highest BCUT2D eigenvalue weighted by atomic mass is 16.7. The smallest absolute Gasteiger partial charge is 0.178 e. The predicted molar refractivity (Wildman–Crippen MR) is 97.5 cm³/mol. The molecule has 0 spiro atoms. The molecule has 0 saturated heterocycles. The molecule has 0 heterocycles. The van der Waals surface area contributed by atoms with Gasteiger partial charge < -0.3 is 19.7 Å². The van der Waals surface area contributed by atoms with Crippen LogP contribution in [0.1, 0.15) is 80.1 Å². The molecule has 0 aromatic heterocycles. The molecule has 4 nitrogen and oxygen atoms in total. The summed E-state index contributed by atoms with van der Waals surface area (Å²) in [6, 6.07) is 0. The van der Waals surface area contributed by atoms with Crippen molar-refractivity contribution in [1.29, 1.82) is 0 Å². The standard InChI is InChI=1S/C20H40O4/c1-7-20(5,6)24-18(21)13-23-19(22)17-10-8-9-16(12-17)15(4)11-14(2)3/h14-19,21-22H,7-13H2,1-6H3. The van der Waals surface area contributed by atoms with Gasteiger partial charge in [0.05, 0.1) is 5.60 Å². The molecular weight excluding hydrogens is 304 g/mol. The van der Waals surface area contributed by atoms with Crippen molar-refractivity contribution in [3.05, 3.63) is 0 Å². The maximum atomic E-state index is 10.4. The topological polar surface area (TPSA) is 58.9 Å². The molecule has 144 valence electrons. The molecule has 24 heavy (non-hydrogen) atoms. The molecule has 0 aromatic carbocycles. The van der Waals surface area contributed by atoms with Gasteiger partial charge >= 0.3 is 0 Å². The van der Waals surface area contributed by atoms with E-state index in [-0.39, 0.29) is 18.1 Å². The van der Waals surface area contributed by atoms with Crippen molar-refractivity contribution >= 4 is 0 Å². The zero-order valence-electron chi connectivity index (χ0n) is 16.6. The molecule has 1 rings (SSSR count). The Morgan fingerprint density at radius 2 is 1.71 bits per heavy atom. The zero-order valence-corrected chi connectivity index (χ0v) is 16.6. The molecule has 1 saturated carbocycles. The lowest BCUT2D eigenvalue weighted by Crippen LogP contribution is -2.36. The van der Waals surface area contributed by atoms with Crippen molar-refractivity contribution in [3.8, 4) is 0 Å². The maximum absolute atomic E-state index is 10.4. The van der Waals surface area contributed by atoms with Crippen LogP contribution in [0.2, 0.25) is 0 Å². The van der Waals surface area contributed by atoms with Crippen molar-refractivity contribution in [1.82, 2.24) is 0 Å². The third-order valence-electron chi connectivity index (χ3n) is 5.52. The molecule has 5 atom stereocenters. The third kappa shape index (κ3) is 7.81. The Balaban J connectivity index is 2.40. The number of rotatable bonds is 10. The number of hydrogen-bond donors (Lipinski definition) is 2. The van der Waals surface area contributed by atoms with E-state index in [0.717, 1.165) is 31.6 Å². The molecule has 1 aliphatic carbocycles. The highest BCUT2D eigenvalue weighted by molar-refractivity contribution is 4.79. The monoisotopic (exact) mass is 344 g/mol. The van der Waals surface area contributed by atoms with E-state index in [9.17, 15) is 10.2 Å². The average Bonchev–Trinajstić information content (AvgIpc) is 2.51. The molecule has 5 unspecified atom stereocenters. The van der Waals surface area contributed by atoms with Crippen molar-refractivity contribution in [2.45, 2.75) is 98.2 Å². The molecule has 0 aromatic rings. The number of aliphatic hydroxyl groups excluding tert-OH is 2. The molecule has 4 heteroatoms. The van der Waals surface area contributed by atoms with Gasteiger partial charge in [-0.25, -0.2) is 0 Å². The predicted octanol–water partition coefficient (Wildman–Crippen LogP) is 4.33. The van der Waals surface area contributed by atoms with Crippen LogP contribution in [0.4, 0.5) is 0 Å². The van der Waals surface area contributed by atoms with Gasteiger partial charge in [-0.2, -0.15) is 0 Å². The highest BCUT2D eigenvalue weighted by Gasteiger charge is 2.31. The van der Waals surface area contributed by atoms with Crippen LogP contribution in [0.3, 0.4) is 0 Å². The first-order valence-corrected chi connectivity index (χ1v) is 9.80. The summed E-state index contributed by atoms with van der Waals surface area (Å²) in [5.41, 5.74) is -0.379. The van der Waals surface area contributed by atoms with Crippen molar-refractivity contribution in [2.75, 3.05) is 6.61 Å². The number of hydrogen-bond acceptors (Lipinski definition) is 4. The summed E-state index contributed by atoms with van der Waals surface area (Å²) < 4.78 is 11.1. The molecular formula is C20H40O4. The Morgan fingerprint density at radius 1 is 1.08 bits per heavy atom. The van der Waals surface area contributed by atoms with Gasteiger partial charge in [-0.15, -0.1) is 0 Å². The van der Waals surface area contributed by atoms with Crippen LogP contribution < -0.4 is 0 Å². The Bertz CT molecular complexity index is 343. The fourth-order valence-electron chi connectivity index (χ4n) is 3.78. The van der Waals surface area contributed by atoms with Gasteiger partial charge in [0.2, 0.25) is 0 Å². The lowest BCUT2D eigenvalue weighted by atomic mass is 9.73. The minimum atomic E-state index is -0.992. The van der Waals surface area contributed by atoms with Crippen LogP contribution in [0.5, 0.6) is 0 Å². The molecule has 0 bridgehead atoms. The summed E-state index contributed by atoms with van der Waals surface area (Å²) in [4.78, 5) is 0. The van der Waals surface area contributed by atoms with Gasteiger partial charge in [-0.05, 0) is 57.3 Å². The fraction of sp³-hybridized carbons (Fsp3) is 1.00. The van der Waals surface area contributed by atoms with E-state index in [1.807, 2.05) is 20.8 Å². The van der Waals surface area contributed by atoms with Gasteiger partial charge in [0.15, 0.2) is 12.6 Å². The van der Waals surface area contributed by atoms with Crippen LogP contribution >= 0.6 is 0 Å². The summed E-state index contributed by atoms with van der Waals surface area (Å²) in [6.07, 6.45) is 4.69. The van der Waals surface area contributed by atoms with Crippen molar-refractivity contribution < 1.29 is 19.7 Å². The molecule has 1 fully saturated rings. The molecule has 0 amide bonds. The molecule has 1 aliphatic rings. The van der Waals surface area contributed by atoms with Gasteiger partial charge in [0.25, 0.3) is 0 Å². The highest BCUT2D eigenvalue weighted by Crippen LogP contribution is 2.37. The van der Waals surface area contributed by atoms with Gasteiger partial charge in [0, 0.05) is 5.92 Å². The number of aliphatic hydroxyl groups is 2. The van der Waals surface area contributed by atoms with E-state index < -0.39 is 12.6 Å². The van der Waals surface area contributed by atoms with E-state index in [1.54, 1.807) is 0 Å². The first-order valence-electron chi connectivity index (χ1n) is 9.80. The second-order valence-corrected chi connectivity index (χ2v) is 8.70. The zero-order chi connectivity index (χ0) is 18.3.